The zero-order valence-electron chi connectivity index (χ0n) is 17.7. The first-order valence-corrected chi connectivity index (χ1v) is 12.5. The molecule has 0 bridgehead atoms. The molecule has 1 saturated heterocycles. The van der Waals surface area contributed by atoms with E-state index in [0.717, 1.165) is 33.8 Å². The van der Waals surface area contributed by atoms with Gasteiger partial charge in [-0.25, -0.2) is 13.2 Å². The monoisotopic (exact) mass is 470 g/mol. The number of piperazine rings is 1. The zero-order valence-corrected chi connectivity index (χ0v) is 19.4. The van der Waals surface area contributed by atoms with Crippen LogP contribution in [0, 0.1) is 13.8 Å². The van der Waals surface area contributed by atoms with Crippen molar-refractivity contribution >= 4 is 43.8 Å². The Balaban J connectivity index is 1.36. The van der Waals surface area contributed by atoms with Gasteiger partial charge >= 0.3 is 5.63 Å². The van der Waals surface area contributed by atoms with Crippen molar-refractivity contribution in [3.05, 3.63) is 63.5 Å². The molecular formula is C22H22N4O4S2. The Morgan fingerprint density at radius 3 is 2.56 bits per heavy atom. The molecule has 0 radical (unpaired) electrons. The van der Waals surface area contributed by atoms with Crippen molar-refractivity contribution in [3.8, 4) is 0 Å². The quantitative estimate of drug-likeness (QED) is 0.423. The number of fused-ring (bicyclic) bond motifs is 2. The third-order valence-corrected chi connectivity index (χ3v) is 8.51. The molecule has 0 unspecified atom stereocenters. The summed E-state index contributed by atoms with van der Waals surface area (Å²) in [6, 6.07) is 10.5. The van der Waals surface area contributed by atoms with Gasteiger partial charge in [0, 0.05) is 44.2 Å². The SMILES string of the molecule is Cc1cc2oc(=O)cc(CN3CCN(S(=O)(=O)c4cccc5nsnc45)CC3)c2cc1C. The molecule has 10 heteroatoms. The van der Waals surface area contributed by atoms with Crippen molar-refractivity contribution in [2.45, 2.75) is 25.3 Å². The van der Waals surface area contributed by atoms with Gasteiger partial charge in [-0.2, -0.15) is 13.1 Å². The molecular weight excluding hydrogens is 448 g/mol. The van der Waals surface area contributed by atoms with Crippen molar-refractivity contribution in [1.82, 2.24) is 18.0 Å². The molecule has 1 aliphatic heterocycles. The molecule has 1 aliphatic rings. The lowest BCUT2D eigenvalue weighted by Gasteiger charge is -2.34. The maximum absolute atomic E-state index is 13.2. The molecule has 1 fully saturated rings. The summed E-state index contributed by atoms with van der Waals surface area (Å²) in [5.74, 6) is 0. The molecule has 2 aromatic carbocycles. The lowest BCUT2D eigenvalue weighted by molar-refractivity contribution is 0.182. The molecule has 5 rings (SSSR count). The molecule has 0 N–H and O–H groups in total. The molecule has 0 spiro atoms. The minimum atomic E-state index is -3.66. The number of aryl methyl sites for hydroxylation is 2. The Hall–Kier alpha value is -2.66. The highest BCUT2D eigenvalue weighted by Crippen LogP contribution is 2.26. The standard InChI is InChI=1S/C22H22N4O4S2/c1-14-10-17-16(12-21(27)30-19(17)11-15(14)2)13-25-6-8-26(9-7-25)32(28,29)20-5-3-4-18-22(20)24-31-23-18/h3-5,10-12H,6-9,13H2,1-2H3. The second-order valence-corrected chi connectivity index (χ2v) is 10.5. The summed E-state index contributed by atoms with van der Waals surface area (Å²) in [4.78, 5) is 14.5. The largest absolute Gasteiger partial charge is 0.423 e. The molecule has 166 valence electrons. The Morgan fingerprint density at radius 1 is 1.03 bits per heavy atom. The van der Waals surface area contributed by atoms with Crippen molar-refractivity contribution < 1.29 is 12.8 Å². The van der Waals surface area contributed by atoms with Crippen LogP contribution in [0.2, 0.25) is 0 Å². The first kappa shape index (κ1) is 21.2. The number of aromatic nitrogens is 2. The number of benzene rings is 2. The van der Waals surface area contributed by atoms with Crippen LogP contribution in [0.5, 0.6) is 0 Å². The molecule has 0 saturated carbocycles. The Kier molecular flexibility index (Phi) is 5.32. The van der Waals surface area contributed by atoms with E-state index in [1.165, 1.54) is 10.4 Å². The van der Waals surface area contributed by atoms with Crippen LogP contribution in [0.25, 0.3) is 22.0 Å². The van der Waals surface area contributed by atoms with Crippen LogP contribution < -0.4 is 5.63 Å². The van der Waals surface area contributed by atoms with E-state index in [2.05, 4.69) is 13.6 Å². The fourth-order valence-electron chi connectivity index (χ4n) is 4.11. The fraction of sp³-hybridized carbons (Fsp3) is 0.318. The molecule has 0 aliphatic carbocycles. The molecule has 0 atom stereocenters. The van der Waals surface area contributed by atoms with Crippen LogP contribution >= 0.6 is 11.7 Å². The van der Waals surface area contributed by atoms with E-state index in [9.17, 15) is 13.2 Å². The third-order valence-electron chi connectivity index (χ3n) is 6.04. The topological polar surface area (TPSA) is 96.6 Å². The van der Waals surface area contributed by atoms with Gasteiger partial charge in [-0.3, -0.25) is 4.90 Å². The summed E-state index contributed by atoms with van der Waals surface area (Å²) in [5, 5.41) is 0.922. The summed E-state index contributed by atoms with van der Waals surface area (Å²) in [7, 11) is -3.66. The number of nitrogens with zero attached hydrogens (tertiary/aromatic N) is 4. The van der Waals surface area contributed by atoms with E-state index in [0.29, 0.717) is 49.3 Å². The second kappa shape index (κ2) is 8.04. The van der Waals surface area contributed by atoms with E-state index in [4.69, 9.17) is 4.42 Å². The van der Waals surface area contributed by atoms with Crippen LogP contribution in [-0.4, -0.2) is 52.5 Å². The molecule has 8 nitrogen and oxygen atoms in total. The summed E-state index contributed by atoms with van der Waals surface area (Å²) in [6.07, 6.45) is 0. The van der Waals surface area contributed by atoms with E-state index >= 15 is 0 Å². The van der Waals surface area contributed by atoms with Gasteiger partial charge in [0.1, 0.15) is 21.5 Å². The lowest BCUT2D eigenvalue weighted by Crippen LogP contribution is -2.48. The first-order chi connectivity index (χ1) is 15.3. The summed E-state index contributed by atoms with van der Waals surface area (Å²) in [6.45, 7) is 6.45. The molecule has 3 heterocycles. The minimum absolute atomic E-state index is 0.203. The van der Waals surface area contributed by atoms with Gasteiger partial charge < -0.3 is 4.42 Å². The molecule has 2 aromatic heterocycles. The maximum Gasteiger partial charge on any atom is 0.336 e. The minimum Gasteiger partial charge on any atom is -0.423 e. The van der Waals surface area contributed by atoms with Crippen molar-refractivity contribution in [3.63, 3.8) is 0 Å². The Bertz CT molecular complexity index is 1490. The predicted molar refractivity (Wildman–Crippen MR) is 123 cm³/mol. The van der Waals surface area contributed by atoms with Crippen LogP contribution in [0.1, 0.15) is 16.7 Å². The Labute approximate surface area is 189 Å². The zero-order chi connectivity index (χ0) is 22.5. The highest BCUT2D eigenvalue weighted by atomic mass is 32.2. The van der Waals surface area contributed by atoms with Crippen molar-refractivity contribution in [2.75, 3.05) is 26.2 Å². The highest BCUT2D eigenvalue weighted by molar-refractivity contribution is 7.89. The number of hydrogen-bond acceptors (Lipinski definition) is 8. The van der Waals surface area contributed by atoms with Gasteiger partial charge in [0.25, 0.3) is 0 Å². The average molecular weight is 471 g/mol. The highest BCUT2D eigenvalue weighted by Gasteiger charge is 2.30. The summed E-state index contributed by atoms with van der Waals surface area (Å²) < 4.78 is 41.7. The van der Waals surface area contributed by atoms with Gasteiger partial charge in [-0.05, 0) is 54.8 Å². The Morgan fingerprint density at radius 2 is 1.78 bits per heavy atom. The number of sulfonamides is 1. The van der Waals surface area contributed by atoms with Crippen LogP contribution in [-0.2, 0) is 16.6 Å². The lowest BCUT2D eigenvalue weighted by atomic mass is 10.0. The van der Waals surface area contributed by atoms with Crippen LogP contribution in [0.4, 0.5) is 0 Å². The maximum atomic E-state index is 13.2. The van der Waals surface area contributed by atoms with E-state index in [-0.39, 0.29) is 10.5 Å². The smallest absolute Gasteiger partial charge is 0.336 e. The number of hydrogen-bond donors (Lipinski definition) is 0. The second-order valence-electron chi connectivity index (χ2n) is 8.09. The molecule has 4 aromatic rings. The van der Waals surface area contributed by atoms with E-state index in [1.54, 1.807) is 18.2 Å². The molecule has 32 heavy (non-hydrogen) atoms. The van der Waals surface area contributed by atoms with E-state index in [1.807, 2.05) is 26.0 Å². The van der Waals surface area contributed by atoms with Gasteiger partial charge in [0.2, 0.25) is 10.0 Å². The molecule has 0 amide bonds. The number of rotatable bonds is 4. The fourth-order valence-corrected chi connectivity index (χ4v) is 6.29. The van der Waals surface area contributed by atoms with E-state index < -0.39 is 10.0 Å². The van der Waals surface area contributed by atoms with Crippen molar-refractivity contribution in [2.24, 2.45) is 0 Å². The van der Waals surface area contributed by atoms with Gasteiger partial charge in [-0.1, -0.05) is 6.07 Å². The first-order valence-electron chi connectivity index (χ1n) is 10.3. The predicted octanol–water partition coefficient (Wildman–Crippen LogP) is 2.92. The average Bonchev–Trinajstić information content (AvgIpc) is 3.24. The van der Waals surface area contributed by atoms with Crippen molar-refractivity contribution in [1.29, 1.82) is 0 Å². The normalized spacial score (nSPS) is 16.2. The summed E-state index contributed by atoms with van der Waals surface area (Å²) in [5.41, 5.74) is 4.33. The third kappa shape index (κ3) is 3.73. The van der Waals surface area contributed by atoms with Crippen LogP contribution in [0.3, 0.4) is 0 Å². The van der Waals surface area contributed by atoms with Gasteiger partial charge in [-0.15, -0.1) is 0 Å². The van der Waals surface area contributed by atoms with Gasteiger partial charge in [0.05, 0.1) is 11.7 Å². The van der Waals surface area contributed by atoms with Gasteiger partial charge in [0.15, 0.2) is 0 Å². The summed E-state index contributed by atoms with van der Waals surface area (Å²) >= 11 is 1.01. The van der Waals surface area contributed by atoms with Crippen LogP contribution in [0.15, 0.2) is 50.5 Å².